The van der Waals surface area contributed by atoms with Crippen LogP contribution in [0.1, 0.15) is 23.6 Å². The number of rotatable bonds is 5. The van der Waals surface area contributed by atoms with E-state index in [0.717, 1.165) is 25.2 Å². The monoisotopic (exact) mass is 239 g/mol. The van der Waals surface area contributed by atoms with Gasteiger partial charge < -0.3 is 9.88 Å². The molecule has 0 radical (unpaired) electrons. The van der Waals surface area contributed by atoms with Crippen molar-refractivity contribution in [3.63, 3.8) is 0 Å². The second-order valence-corrected chi connectivity index (χ2v) is 4.28. The predicted octanol–water partition coefficient (Wildman–Crippen LogP) is 2.52. The number of hydrogen-bond donors (Lipinski definition) is 1. The molecule has 0 aliphatic heterocycles. The molecular weight excluding hydrogens is 222 g/mol. The van der Waals surface area contributed by atoms with Crippen LogP contribution >= 0.6 is 0 Å². The quantitative estimate of drug-likeness (QED) is 0.871. The van der Waals surface area contributed by atoms with Gasteiger partial charge in [-0.15, -0.1) is 0 Å². The molecule has 0 saturated carbocycles. The zero-order chi connectivity index (χ0) is 12.8. The van der Waals surface area contributed by atoms with E-state index in [9.17, 15) is 0 Å². The van der Waals surface area contributed by atoms with Crippen molar-refractivity contribution in [2.45, 2.75) is 20.0 Å². The molecule has 92 valence electrons. The van der Waals surface area contributed by atoms with E-state index in [2.05, 4.69) is 41.3 Å². The van der Waals surface area contributed by atoms with E-state index in [0.29, 0.717) is 5.56 Å². The molecule has 2 rings (SSSR count). The molecule has 18 heavy (non-hydrogen) atoms. The Balaban J connectivity index is 2.04. The van der Waals surface area contributed by atoms with E-state index in [1.807, 2.05) is 24.3 Å². The van der Waals surface area contributed by atoms with Gasteiger partial charge in [0.1, 0.15) is 0 Å². The van der Waals surface area contributed by atoms with Crippen LogP contribution in [0.4, 0.5) is 0 Å². The van der Waals surface area contributed by atoms with Gasteiger partial charge in [0.2, 0.25) is 0 Å². The van der Waals surface area contributed by atoms with E-state index in [-0.39, 0.29) is 0 Å². The number of nitriles is 1. The minimum atomic E-state index is 0.715. The highest BCUT2D eigenvalue weighted by molar-refractivity contribution is 5.33. The number of benzene rings is 1. The third-order valence-electron chi connectivity index (χ3n) is 2.81. The summed E-state index contributed by atoms with van der Waals surface area (Å²) >= 11 is 0. The fourth-order valence-electron chi connectivity index (χ4n) is 1.91. The Bertz CT molecular complexity index is 549. The standard InChI is InChI=1S/C15H17N3/c1-2-17-10-15-6-7-18(12-15)11-14-5-3-4-13(8-14)9-16/h3-8,12,17H,2,10-11H2,1H3. The minimum absolute atomic E-state index is 0.715. The average molecular weight is 239 g/mol. The number of nitrogens with one attached hydrogen (secondary N) is 1. The predicted molar refractivity (Wildman–Crippen MR) is 72.1 cm³/mol. The van der Waals surface area contributed by atoms with Crippen LogP contribution in [-0.2, 0) is 13.1 Å². The van der Waals surface area contributed by atoms with Crippen LogP contribution in [0.5, 0.6) is 0 Å². The Morgan fingerprint density at radius 3 is 2.94 bits per heavy atom. The maximum Gasteiger partial charge on any atom is 0.0991 e. The van der Waals surface area contributed by atoms with Crippen molar-refractivity contribution in [1.82, 2.24) is 9.88 Å². The highest BCUT2D eigenvalue weighted by Crippen LogP contribution is 2.08. The summed E-state index contributed by atoms with van der Waals surface area (Å²) < 4.78 is 2.14. The molecule has 0 atom stereocenters. The lowest BCUT2D eigenvalue weighted by atomic mass is 10.1. The van der Waals surface area contributed by atoms with Gasteiger partial charge in [-0.05, 0) is 35.9 Å². The van der Waals surface area contributed by atoms with E-state index < -0.39 is 0 Å². The fourth-order valence-corrected chi connectivity index (χ4v) is 1.91. The van der Waals surface area contributed by atoms with E-state index >= 15 is 0 Å². The molecule has 0 fully saturated rings. The highest BCUT2D eigenvalue weighted by Gasteiger charge is 1.99. The molecule has 1 N–H and O–H groups in total. The maximum atomic E-state index is 8.86. The molecular formula is C15H17N3. The minimum Gasteiger partial charge on any atom is -0.350 e. The van der Waals surface area contributed by atoms with Crippen molar-refractivity contribution in [3.05, 3.63) is 59.4 Å². The van der Waals surface area contributed by atoms with Crippen molar-refractivity contribution in [2.75, 3.05) is 6.54 Å². The van der Waals surface area contributed by atoms with Crippen molar-refractivity contribution < 1.29 is 0 Å². The van der Waals surface area contributed by atoms with Gasteiger partial charge in [-0.3, -0.25) is 0 Å². The zero-order valence-electron chi connectivity index (χ0n) is 10.6. The van der Waals surface area contributed by atoms with Crippen LogP contribution < -0.4 is 5.32 Å². The van der Waals surface area contributed by atoms with Crippen LogP contribution in [0.25, 0.3) is 0 Å². The van der Waals surface area contributed by atoms with Gasteiger partial charge in [-0.1, -0.05) is 19.1 Å². The molecule has 2 aromatic rings. The number of nitrogens with zero attached hydrogens (tertiary/aromatic N) is 2. The summed E-state index contributed by atoms with van der Waals surface area (Å²) in [6.07, 6.45) is 4.22. The largest absolute Gasteiger partial charge is 0.350 e. The van der Waals surface area contributed by atoms with Crippen LogP contribution in [0, 0.1) is 11.3 Å². The van der Waals surface area contributed by atoms with Crippen LogP contribution in [0.2, 0.25) is 0 Å². The first-order chi connectivity index (χ1) is 8.81. The third-order valence-corrected chi connectivity index (χ3v) is 2.81. The summed E-state index contributed by atoms with van der Waals surface area (Å²) in [5.41, 5.74) is 3.15. The molecule has 1 heterocycles. The summed E-state index contributed by atoms with van der Waals surface area (Å²) in [4.78, 5) is 0. The first kappa shape index (κ1) is 12.4. The fraction of sp³-hybridized carbons (Fsp3) is 0.267. The lowest BCUT2D eigenvalue weighted by Gasteiger charge is -2.03. The van der Waals surface area contributed by atoms with Crippen LogP contribution in [-0.4, -0.2) is 11.1 Å². The molecule has 0 bridgehead atoms. The lowest BCUT2D eigenvalue weighted by Crippen LogP contribution is -2.11. The van der Waals surface area contributed by atoms with Gasteiger partial charge in [0.05, 0.1) is 11.6 Å². The van der Waals surface area contributed by atoms with Crippen LogP contribution in [0.3, 0.4) is 0 Å². The average Bonchev–Trinajstić information content (AvgIpc) is 2.84. The molecule has 3 nitrogen and oxygen atoms in total. The lowest BCUT2D eigenvalue weighted by molar-refractivity contribution is 0.721. The maximum absolute atomic E-state index is 8.86. The molecule has 0 saturated heterocycles. The Kier molecular flexibility index (Phi) is 4.16. The first-order valence-corrected chi connectivity index (χ1v) is 6.16. The number of aromatic nitrogens is 1. The van der Waals surface area contributed by atoms with Crippen molar-refractivity contribution >= 4 is 0 Å². The third kappa shape index (κ3) is 3.22. The van der Waals surface area contributed by atoms with Crippen molar-refractivity contribution in [1.29, 1.82) is 5.26 Å². The summed E-state index contributed by atoms with van der Waals surface area (Å²) in [7, 11) is 0. The number of hydrogen-bond acceptors (Lipinski definition) is 2. The Morgan fingerprint density at radius 1 is 1.28 bits per heavy atom. The van der Waals surface area contributed by atoms with Crippen molar-refractivity contribution in [3.8, 4) is 6.07 Å². The second-order valence-electron chi connectivity index (χ2n) is 4.28. The van der Waals surface area contributed by atoms with E-state index in [1.165, 1.54) is 5.56 Å². The SMILES string of the molecule is CCNCc1ccn(Cc2cccc(C#N)c2)c1. The smallest absolute Gasteiger partial charge is 0.0991 e. The molecule has 0 unspecified atom stereocenters. The topological polar surface area (TPSA) is 40.8 Å². The summed E-state index contributed by atoms with van der Waals surface area (Å²) in [5, 5.41) is 12.2. The van der Waals surface area contributed by atoms with Crippen LogP contribution in [0.15, 0.2) is 42.7 Å². The molecule has 0 aliphatic carbocycles. The van der Waals surface area contributed by atoms with Crippen molar-refractivity contribution in [2.24, 2.45) is 0 Å². The highest BCUT2D eigenvalue weighted by atomic mass is 14.9. The Labute approximate surface area is 108 Å². The summed E-state index contributed by atoms with van der Waals surface area (Å²) in [6, 6.07) is 12.0. The van der Waals surface area contributed by atoms with E-state index in [4.69, 9.17) is 5.26 Å². The zero-order valence-corrected chi connectivity index (χ0v) is 10.6. The molecule has 0 aliphatic rings. The first-order valence-electron chi connectivity index (χ1n) is 6.16. The molecule has 0 amide bonds. The van der Waals surface area contributed by atoms with Gasteiger partial charge in [0.15, 0.2) is 0 Å². The van der Waals surface area contributed by atoms with Gasteiger partial charge in [-0.25, -0.2) is 0 Å². The normalized spacial score (nSPS) is 10.2. The van der Waals surface area contributed by atoms with Gasteiger partial charge in [0.25, 0.3) is 0 Å². The van der Waals surface area contributed by atoms with E-state index in [1.54, 1.807) is 0 Å². The second kappa shape index (κ2) is 6.04. The summed E-state index contributed by atoms with van der Waals surface area (Å²) in [6.45, 7) is 4.79. The van der Waals surface area contributed by atoms with Gasteiger partial charge in [0, 0.05) is 25.5 Å². The molecule has 0 spiro atoms. The molecule has 1 aromatic carbocycles. The molecule has 1 aromatic heterocycles. The Morgan fingerprint density at radius 2 is 2.17 bits per heavy atom. The van der Waals surface area contributed by atoms with Gasteiger partial charge >= 0.3 is 0 Å². The van der Waals surface area contributed by atoms with Gasteiger partial charge in [-0.2, -0.15) is 5.26 Å². The molecule has 3 heteroatoms. The summed E-state index contributed by atoms with van der Waals surface area (Å²) in [5.74, 6) is 0. The Hall–Kier alpha value is -2.05.